The first-order valence-corrected chi connectivity index (χ1v) is 4.96. The molecule has 1 aliphatic rings. The molecular formula is C12H9ClO2. The molecule has 0 N–H and O–H groups in total. The molecule has 1 aromatic rings. The molecular weight excluding hydrogens is 212 g/mol. The highest BCUT2D eigenvalue weighted by Gasteiger charge is 2.24. The SMILES string of the molecule is Cc1cc2c(cc1C)C(=O)C(Cl)=CC2=O. The second-order valence-electron chi connectivity index (χ2n) is 3.67. The Morgan fingerprint density at radius 1 is 1.00 bits per heavy atom. The lowest BCUT2D eigenvalue weighted by atomic mass is 9.91. The molecule has 0 spiro atoms. The number of hydrogen-bond donors (Lipinski definition) is 0. The molecule has 0 aromatic heterocycles. The van der Waals surface area contributed by atoms with E-state index in [9.17, 15) is 9.59 Å². The van der Waals surface area contributed by atoms with Crippen LogP contribution in [-0.2, 0) is 0 Å². The summed E-state index contributed by atoms with van der Waals surface area (Å²) in [6.07, 6.45) is 1.18. The average Bonchev–Trinajstić information content (AvgIpc) is 2.18. The fraction of sp³-hybridized carbons (Fsp3) is 0.167. The maximum atomic E-state index is 11.7. The number of rotatable bonds is 0. The molecule has 0 aliphatic heterocycles. The molecule has 0 atom stereocenters. The van der Waals surface area contributed by atoms with Gasteiger partial charge in [-0.05, 0) is 37.1 Å². The Morgan fingerprint density at radius 3 is 2.13 bits per heavy atom. The van der Waals surface area contributed by atoms with Gasteiger partial charge in [0.15, 0.2) is 5.78 Å². The van der Waals surface area contributed by atoms with Crippen molar-refractivity contribution in [1.29, 1.82) is 0 Å². The smallest absolute Gasteiger partial charge is 0.205 e. The molecule has 0 unspecified atom stereocenters. The number of fused-ring (bicyclic) bond motifs is 1. The summed E-state index contributed by atoms with van der Waals surface area (Å²) in [6, 6.07) is 3.46. The Morgan fingerprint density at radius 2 is 1.53 bits per heavy atom. The second kappa shape index (κ2) is 3.31. The minimum atomic E-state index is -0.269. The number of ketones is 2. The highest BCUT2D eigenvalue weighted by Crippen LogP contribution is 2.25. The van der Waals surface area contributed by atoms with E-state index in [1.165, 1.54) is 6.08 Å². The van der Waals surface area contributed by atoms with Crippen LogP contribution in [-0.4, -0.2) is 11.6 Å². The van der Waals surface area contributed by atoms with E-state index in [1.807, 2.05) is 13.8 Å². The minimum Gasteiger partial charge on any atom is -0.289 e. The first-order valence-electron chi connectivity index (χ1n) is 4.58. The standard InChI is InChI=1S/C12H9ClO2/c1-6-3-8-9(4-7(6)2)12(15)10(13)5-11(8)14/h3-5H,1-2H3. The van der Waals surface area contributed by atoms with Crippen molar-refractivity contribution in [1.82, 2.24) is 0 Å². The third kappa shape index (κ3) is 1.51. The van der Waals surface area contributed by atoms with Crippen molar-refractivity contribution >= 4 is 23.2 Å². The van der Waals surface area contributed by atoms with Crippen molar-refractivity contribution in [2.24, 2.45) is 0 Å². The van der Waals surface area contributed by atoms with E-state index in [0.717, 1.165) is 11.1 Å². The van der Waals surface area contributed by atoms with Crippen molar-refractivity contribution in [2.45, 2.75) is 13.8 Å². The van der Waals surface area contributed by atoms with Crippen LogP contribution in [0.15, 0.2) is 23.2 Å². The van der Waals surface area contributed by atoms with Crippen LogP contribution in [0.3, 0.4) is 0 Å². The van der Waals surface area contributed by atoms with Gasteiger partial charge >= 0.3 is 0 Å². The molecule has 2 nitrogen and oxygen atoms in total. The topological polar surface area (TPSA) is 34.1 Å². The van der Waals surface area contributed by atoms with Crippen LogP contribution < -0.4 is 0 Å². The van der Waals surface area contributed by atoms with Crippen molar-refractivity contribution in [3.8, 4) is 0 Å². The van der Waals surface area contributed by atoms with Gasteiger partial charge in [0, 0.05) is 17.2 Å². The number of Topliss-reactive ketones (excluding diaryl/α,β-unsaturated/α-hetero) is 1. The van der Waals surface area contributed by atoms with Crippen LogP contribution >= 0.6 is 11.6 Å². The van der Waals surface area contributed by atoms with E-state index < -0.39 is 0 Å². The molecule has 76 valence electrons. The summed E-state index contributed by atoms with van der Waals surface area (Å²) in [5.74, 6) is -0.466. The van der Waals surface area contributed by atoms with Crippen molar-refractivity contribution in [3.05, 3.63) is 45.5 Å². The number of halogens is 1. The van der Waals surface area contributed by atoms with Gasteiger partial charge in [-0.2, -0.15) is 0 Å². The normalized spacial score (nSPS) is 15.0. The van der Waals surface area contributed by atoms with Gasteiger partial charge in [0.2, 0.25) is 5.78 Å². The molecule has 0 fully saturated rings. The van der Waals surface area contributed by atoms with Gasteiger partial charge in [-0.15, -0.1) is 0 Å². The Kier molecular flexibility index (Phi) is 2.24. The van der Waals surface area contributed by atoms with Gasteiger partial charge in [-0.1, -0.05) is 11.6 Å². The monoisotopic (exact) mass is 220 g/mol. The fourth-order valence-corrected chi connectivity index (χ4v) is 1.80. The van der Waals surface area contributed by atoms with Crippen LogP contribution in [0.5, 0.6) is 0 Å². The summed E-state index contributed by atoms with van der Waals surface area (Å²) in [5.41, 5.74) is 2.85. The molecule has 0 saturated heterocycles. The van der Waals surface area contributed by atoms with E-state index >= 15 is 0 Å². The molecule has 0 heterocycles. The Hall–Kier alpha value is -1.41. The predicted octanol–water partition coefficient (Wildman–Crippen LogP) is 2.81. The molecule has 1 aliphatic carbocycles. The predicted molar refractivity (Wildman–Crippen MR) is 58.5 cm³/mol. The summed E-state index contributed by atoms with van der Waals surface area (Å²) in [4.78, 5) is 23.3. The Bertz CT molecular complexity index is 513. The van der Waals surface area contributed by atoms with Gasteiger partial charge in [0.1, 0.15) is 0 Å². The molecule has 3 heteroatoms. The summed E-state index contributed by atoms with van der Waals surface area (Å²) < 4.78 is 0. The van der Waals surface area contributed by atoms with Gasteiger partial charge in [0.25, 0.3) is 0 Å². The van der Waals surface area contributed by atoms with E-state index in [4.69, 9.17) is 11.6 Å². The molecule has 1 aromatic carbocycles. The molecule has 0 bridgehead atoms. The van der Waals surface area contributed by atoms with Crippen LogP contribution in [0.2, 0.25) is 0 Å². The third-order valence-electron chi connectivity index (χ3n) is 2.62. The van der Waals surface area contributed by atoms with E-state index in [0.29, 0.717) is 11.1 Å². The average molecular weight is 221 g/mol. The first kappa shape index (κ1) is 10.1. The van der Waals surface area contributed by atoms with Crippen LogP contribution in [0.1, 0.15) is 31.8 Å². The van der Waals surface area contributed by atoms with Crippen molar-refractivity contribution < 1.29 is 9.59 Å². The largest absolute Gasteiger partial charge is 0.289 e. The maximum Gasteiger partial charge on any atom is 0.205 e. The lowest BCUT2D eigenvalue weighted by molar-refractivity contribution is 0.0990. The zero-order chi connectivity index (χ0) is 11.2. The summed E-state index contributed by atoms with van der Waals surface area (Å²) in [7, 11) is 0. The van der Waals surface area contributed by atoms with E-state index in [-0.39, 0.29) is 16.6 Å². The summed E-state index contributed by atoms with van der Waals surface area (Å²) in [6.45, 7) is 3.81. The Balaban J connectivity index is 2.73. The third-order valence-corrected chi connectivity index (χ3v) is 2.90. The van der Waals surface area contributed by atoms with E-state index in [2.05, 4.69) is 0 Å². The number of carbonyl (C=O) groups is 2. The van der Waals surface area contributed by atoms with Gasteiger partial charge in [-0.3, -0.25) is 9.59 Å². The molecule has 0 amide bonds. The first-order chi connectivity index (χ1) is 7.00. The van der Waals surface area contributed by atoms with Crippen LogP contribution in [0.4, 0.5) is 0 Å². The highest BCUT2D eigenvalue weighted by atomic mass is 35.5. The number of allylic oxidation sites excluding steroid dienone is 2. The number of benzene rings is 1. The fourth-order valence-electron chi connectivity index (χ4n) is 1.59. The highest BCUT2D eigenvalue weighted by molar-refractivity contribution is 6.49. The zero-order valence-corrected chi connectivity index (χ0v) is 9.18. The zero-order valence-electron chi connectivity index (χ0n) is 8.43. The quantitative estimate of drug-likeness (QED) is 0.674. The Labute approximate surface area is 92.6 Å². The molecule has 0 saturated carbocycles. The number of carbonyl (C=O) groups excluding carboxylic acids is 2. The van der Waals surface area contributed by atoms with Gasteiger partial charge < -0.3 is 0 Å². The van der Waals surface area contributed by atoms with Crippen molar-refractivity contribution in [3.63, 3.8) is 0 Å². The maximum absolute atomic E-state index is 11.7. The lowest BCUT2D eigenvalue weighted by Crippen LogP contribution is -2.15. The minimum absolute atomic E-state index is 0.00393. The molecule has 2 rings (SSSR count). The second-order valence-corrected chi connectivity index (χ2v) is 4.07. The number of aryl methyl sites for hydroxylation is 2. The van der Waals surface area contributed by atoms with Gasteiger partial charge in [0.05, 0.1) is 5.03 Å². The van der Waals surface area contributed by atoms with Crippen LogP contribution in [0.25, 0.3) is 0 Å². The van der Waals surface area contributed by atoms with Crippen molar-refractivity contribution in [2.75, 3.05) is 0 Å². The van der Waals surface area contributed by atoms with E-state index in [1.54, 1.807) is 12.1 Å². The summed E-state index contributed by atoms with van der Waals surface area (Å²) >= 11 is 5.67. The molecule has 0 radical (unpaired) electrons. The lowest BCUT2D eigenvalue weighted by Gasteiger charge is -2.13. The van der Waals surface area contributed by atoms with Gasteiger partial charge in [-0.25, -0.2) is 0 Å². The van der Waals surface area contributed by atoms with Crippen LogP contribution in [0, 0.1) is 13.8 Å². The molecule has 15 heavy (non-hydrogen) atoms. The summed E-state index contributed by atoms with van der Waals surface area (Å²) in [5, 5.41) is -0.00393. The number of hydrogen-bond acceptors (Lipinski definition) is 2.